The van der Waals surface area contributed by atoms with Gasteiger partial charge in [-0.2, -0.15) is 4.31 Å². The molecule has 0 aliphatic carbocycles. The molecule has 3 atom stereocenters. The van der Waals surface area contributed by atoms with Gasteiger partial charge in [0.25, 0.3) is 5.91 Å². The van der Waals surface area contributed by atoms with Crippen LogP contribution in [-0.2, 0) is 14.8 Å². The van der Waals surface area contributed by atoms with Gasteiger partial charge in [-0.25, -0.2) is 8.42 Å². The van der Waals surface area contributed by atoms with Gasteiger partial charge >= 0.3 is 0 Å². The summed E-state index contributed by atoms with van der Waals surface area (Å²) in [6, 6.07) is 10.6. The average Bonchev–Trinajstić information content (AvgIpc) is 3.38. The van der Waals surface area contributed by atoms with E-state index in [1.54, 1.807) is 29.5 Å². The molecular formula is C21H26N2O4S2. The zero-order valence-corrected chi connectivity index (χ0v) is 18.3. The monoisotopic (exact) mass is 434 g/mol. The summed E-state index contributed by atoms with van der Waals surface area (Å²) in [4.78, 5) is 16.4. The fraction of sp³-hybridized carbons (Fsp3) is 0.476. The molecule has 1 aromatic heterocycles. The van der Waals surface area contributed by atoms with Crippen LogP contribution in [0.3, 0.4) is 0 Å². The first-order valence-corrected chi connectivity index (χ1v) is 12.3. The minimum absolute atomic E-state index is 0.0729. The van der Waals surface area contributed by atoms with Gasteiger partial charge in [-0.15, -0.1) is 11.3 Å². The van der Waals surface area contributed by atoms with Gasteiger partial charge in [-0.05, 0) is 56.3 Å². The molecule has 6 nitrogen and oxygen atoms in total. The summed E-state index contributed by atoms with van der Waals surface area (Å²) in [6.07, 6.45) is 1.58. The van der Waals surface area contributed by atoms with Crippen LogP contribution in [0.15, 0.2) is 46.7 Å². The van der Waals surface area contributed by atoms with Gasteiger partial charge in [0, 0.05) is 30.1 Å². The van der Waals surface area contributed by atoms with Gasteiger partial charge in [0.15, 0.2) is 0 Å². The van der Waals surface area contributed by atoms with E-state index in [-0.39, 0.29) is 29.1 Å². The van der Waals surface area contributed by atoms with E-state index in [0.717, 1.165) is 12.8 Å². The summed E-state index contributed by atoms with van der Waals surface area (Å²) in [5.41, 5.74) is 0.420. The van der Waals surface area contributed by atoms with Crippen molar-refractivity contribution in [1.29, 1.82) is 0 Å². The lowest BCUT2D eigenvalue weighted by atomic mass is 10.1. The molecule has 0 bridgehead atoms. The van der Waals surface area contributed by atoms with Crippen molar-refractivity contribution in [1.82, 2.24) is 9.21 Å². The lowest BCUT2D eigenvalue weighted by Gasteiger charge is -2.34. The number of ether oxygens (including phenoxy) is 1. The molecule has 0 radical (unpaired) electrons. The van der Waals surface area contributed by atoms with E-state index in [0.29, 0.717) is 25.2 Å². The van der Waals surface area contributed by atoms with Gasteiger partial charge < -0.3 is 9.64 Å². The molecule has 0 spiro atoms. The Kier molecular flexibility index (Phi) is 5.79. The molecule has 2 aliphatic rings. The maximum Gasteiger partial charge on any atom is 0.254 e. The number of likely N-dealkylation sites (tertiary alicyclic amines) is 1. The number of morpholine rings is 1. The van der Waals surface area contributed by atoms with Crippen molar-refractivity contribution >= 4 is 27.3 Å². The summed E-state index contributed by atoms with van der Waals surface area (Å²) in [6.45, 7) is 5.07. The van der Waals surface area contributed by atoms with Crippen molar-refractivity contribution in [3.63, 3.8) is 0 Å². The smallest absolute Gasteiger partial charge is 0.254 e. The first-order chi connectivity index (χ1) is 13.9. The van der Waals surface area contributed by atoms with Gasteiger partial charge in [0.05, 0.1) is 23.1 Å². The standard InChI is InChI=1S/C21H26N2O4S2/c1-15-13-22(14-16(2)27-15)29(25,26)18-7-3-6-17(12-18)21(24)23-10-4-8-19(23)20-9-5-11-28-20/h3,5-7,9,11-12,15-16,19H,4,8,10,13-14H2,1-2H3. The second-order valence-electron chi connectivity index (χ2n) is 7.78. The highest BCUT2D eigenvalue weighted by Gasteiger charge is 2.34. The number of carbonyl (C=O) groups is 1. The molecular weight excluding hydrogens is 408 g/mol. The van der Waals surface area contributed by atoms with Crippen molar-refractivity contribution in [2.24, 2.45) is 0 Å². The van der Waals surface area contributed by atoms with Gasteiger partial charge in [-0.1, -0.05) is 12.1 Å². The summed E-state index contributed by atoms with van der Waals surface area (Å²) in [5.74, 6) is -0.110. The van der Waals surface area contributed by atoms with E-state index >= 15 is 0 Å². The molecule has 2 fully saturated rings. The maximum atomic E-state index is 13.2. The van der Waals surface area contributed by atoms with E-state index in [9.17, 15) is 13.2 Å². The Labute approximate surface area is 176 Å². The van der Waals surface area contributed by atoms with Crippen molar-refractivity contribution in [3.8, 4) is 0 Å². The third-order valence-electron chi connectivity index (χ3n) is 5.49. The number of amides is 1. The van der Waals surface area contributed by atoms with E-state index in [1.165, 1.54) is 15.2 Å². The highest BCUT2D eigenvalue weighted by molar-refractivity contribution is 7.89. The van der Waals surface area contributed by atoms with Gasteiger partial charge in [-0.3, -0.25) is 4.79 Å². The molecule has 8 heteroatoms. The summed E-state index contributed by atoms with van der Waals surface area (Å²) >= 11 is 1.65. The molecule has 2 aliphatic heterocycles. The average molecular weight is 435 g/mol. The molecule has 0 saturated carbocycles. The summed E-state index contributed by atoms with van der Waals surface area (Å²) in [5, 5.41) is 2.02. The van der Waals surface area contributed by atoms with Crippen LogP contribution in [0.5, 0.6) is 0 Å². The summed E-state index contributed by atoms with van der Waals surface area (Å²) < 4.78 is 33.5. The molecule has 156 valence electrons. The number of sulfonamides is 1. The summed E-state index contributed by atoms with van der Waals surface area (Å²) in [7, 11) is -3.68. The molecule has 1 aromatic carbocycles. The van der Waals surface area contributed by atoms with Crippen LogP contribution in [0.2, 0.25) is 0 Å². The van der Waals surface area contributed by atoms with Crippen LogP contribution in [0.1, 0.15) is 48.0 Å². The van der Waals surface area contributed by atoms with Gasteiger partial charge in [0.2, 0.25) is 10.0 Å². The molecule has 4 rings (SSSR count). The number of hydrogen-bond acceptors (Lipinski definition) is 5. The Balaban J connectivity index is 1.59. The van der Waals surface area contributed by atoms with Crippen molar-refractivity contribution in [2.75, 3.05) is 19.6 Å². The number of benzene rings is 1. The van der Waals surface area contributed by atoms with Crippen LogP contribution in [0, 0.1) is 0 Å². The molecule has 2 aromatic rings. The van der Waals surface area contributed by atoms with Crippen LogP contribution in [-0.4, -0.2) is 55.4 Å². The van der Waals surface area contributed by atoms with Crippen LogP contribution < -0.4 is 0 Å². The fourth-order valence-electron chi connectivity index (χ4n) is 4.22. The predicted molar refractivity (Wildman–Crippen MR) is 113 cm³/mol. The Morgan fingerprint density at radius 2 is 1.90 bits per heavy atom. The van der Waals surface area contributed by atoms with E-state index in [4.69, 9.17) is 4.74 Å². The van der Waals surface area contributed by atoms with Gasteiger partial charge in [0.1, 0.15) is 0 Å². The number of nitrogens with zero attached hydrogens (tertiary/aromatic N) is 2. The largest absolute Gasteiger partial charge is 0.373 e. The first-order valence-electron chi connectivity index (χ1n) is 9.96. The zero-order valence-electron chi connectivity index (χ0n) is 16.7. The Morgan fingerprint density at radius 3 is 2.59 bits per heavy atom. The highest BCUT2D eigenvalue weighted by Crippen LogP contribution is 2.35. The minimum atomic E-state index is -3.68. The first kappa shape index (κ1) is 20.5. The second-order valence-corrected chi connectivity index (χ2v) is 10.7. The lowest BCUT2D eigenvalue weighted by molar-refractivity contribution is -0.0440. The molecule has 0 N–H and O–H groups in total. The molecule has 3 unspecified atom stereocenters. The quantitative estimate of drug-likeness (QED) is 0.738. The zero-order chi connectivity index (χ0) is 20.6. The third kappa shape index (κ3) is 4.12. The molecule has 1 amide bonds. The number of rotatable bonds is 4. The normalized spacial score (nSPS) is 26.0. The molecule has 29 heavy (non-hydrogen) atoms. The van der Waals surface area contributed by atoms with E-state index in [1.807, 2.05) is 30.2 Å². The third-order valence-corrected chi connectivity index (χ3v) is 8.29. The van der Waals surface area contributed by atoms with Crippen LogP contribution in [0.4, 0.5) is 0 Å². The number of thiophene rings is 1. The molecule has 2 saturated heterocycles. The number of carbonyl (C=O) groups excluding carboxylic acids is 1. The maximum absolute atomic E-state index is 13.2. The molecule has 3 heterocycles. The van der Waals surface area contributed by atoms with Crippen molar-refractivity contribution in [2.45, 2.75) is 49.8 Å². The fourth-order valence-corrected chi connectivity index (χ4v) is 6.73. The number of hydrogen-bond donors (Lipinski definition) is 0. The van der Waals surface area contributed by atoms with Crippen molar-refractivity contribution in [3.05, 3.63) is 52.2 Å². The SMILES string of the molecule is CC1CN(S(=O)(=O)c2cccc(C(=O)N3CCCC3c3cccs3)c2)CC(C)O1. The lowest BCUT2D eigenvalue weighted by Crippen LogP contribution is -2.48. The van der Waals surface area contributed by atoms with E-state index < -0.39 is 10.0 Å². The van der Waals surface area contributed by atoms with Crippen molar-refractivity contribution < 1.29 is 17.9 Å². The highest BCUT2D eigenvalue weighted by atomic mass is 32.2. The second kappa shape index (κ2) is 8.18. The predicted octanol–water partition coefficient (Wildman–Crippen LogP) is 3.52. The Hall–Kier alpha value is -1.74. The van der Waals surface area contributed by atoms with E-state index in [2.05, 4.69) is 6.07 Å². The topological polar surface area (TPSA) is 66.9 Å². The minimum Gasteiger partial charge on any atom is -0.373 e. The Bertz CT molecular complexity index is 964. The Morgan fingerprint density at radius 1 is 1.14 bits per heavy atom. The van der Waals surface area contributed by atoms with Crippen LogP contribution in [0.25, 0.3) is 0 Å². The van der Waals surface area contributed by atoms with Crippen LogP contribution >= 0.6 is 11.3 Å².